The summed E-state index contributed by atoms with van der Waals surface area (Å²) in [7, 11) is 1.65. The first-order valence-corrected chi connectivity index (χ1v) is 11.7. The molecule has 0 radical (unpaired) electrons. The number of rotatable bonds is 11. The topological polar surface area (TPSA) is 63.5 Å². The van der Waals surface area contributed by atoms with Crippen LogP contribution < -0.4 is 9.47 Å². The molecule has 6 nitrogen and oxygen atoms in total. The first kappa shape index (κ1) is 24.1. The molecule has 1 aliphatic rings. The second kappa shape index (κ2) is 11.9. The third kappa shape index (κ3) is 6.97. The fourth-order valence-corrected chi connectivity index (χ4v) is 4.14. The van der Waals surface area contributed by atoms with Crippen molar-refractivity contribution in [3.63, 3.8) is 0 Å². The Kier molecular flexibility index (Phi) is 8.41. The van der Waals surface area contributed by atoms with Gasteiger partial charge in [-0.3, -0.25) is 4.90 Å². The summed E-state index contributed by atoms with van der Waals surface area (Å²) in [6, 6.07) is 25.1. The molecule has 1 heterocycles. The number of benzene rings is 3. The van der Waals surface area contributed by atoms with Crippen molar-refractivity contribution in [2.45, 2.75) is 25.2 Å². The SMILES string of the molecule is COc1ccc(C2=NO[C@H](CN(Cc3cccc(Cl)c3)C[C@H](O)COc3ccccc3)C2)cc1. The molecule has 4 rings (SSSR count). The second-order valence-electron chi connectivity index (χ2n) is 8.30. The molecule has 0 fully saturated rings. The Morgan fingerprint density at radius 3 is 2.59 bits per heavy atom. The molecule has 7 heteroatoms. The van der Waals surface area contributed by atoms with E-state index < -0.39 is 6.10 Å². The minimum atomic E-state index is -0.664. The zero-order valence-corrected chi connectivity index (χ0v) is 19.9. The molecule has 0 amide bonds. The standard InChI is InChI=1S/C27H29ClN2O4/c1-32-24-12-10-21(11-13-24)27-15-26(34-29-27)18-30(16-20-6-5-7-22(28)14-20)17-23(31)19-33-25-8-3-2-4-9-25/h2-14,23,26,31H,15-19H2,1H3/t23-,26-/m0/s1. The average molecular weight is 481 g/mol. The largest absolute Gasteiger partial charge is 0.497 e. The van der Waals surface area contributed by atoms with E-state index in [0.717, 1.165) is 28.3 Å². The Morgan fingerprint density at radius 2 is 1.85 bits per heavy atom. The number of hydrogen-bond donors (Lipinski definition) is 1. The fourth-order valence-electron chi connectivity index (χ4n) is 3.93. The fraction of sp³-hybridized carbons (Fsp3) is 0.296. The molecular formula is C27H29ClN2O4. The highest BCUT2D eigenvalue weighted by Crippen LogP contribution is 2.21. The number of halogens is 1. The predicted octanol–water partition coefficient (Wildman–Crippen LogP) is 4.78. The van der Waals surface area contributed by atoms with E-state index in [0.29, 0.717) is 31.1 Å². The van der Waals surface area contributed by atoms with E-state index in [9.17, 15) is 5.11 Å². The lowest BCUT2D eigenvalue weighted by Gasteiger charge is -2.27. The van der Waals surface area contributed by atoms with Gasteiger partial charge < -0.3 is 19.4 Å². The summed E-state index contributed by atoms with van der Waals surface area (Å²) in [4.78, 5) is 7.91. The van der Waals surface area contributed by atoms with Gasteiger partial charge in [-0.25, -0.2) is 0 Å². The maximum absolute atomic E-state index is 10.7. The number of ether oxygens (including phenoxy) is 2. The van der Waals surface area contributed by atoms with Gasteiger partial charge >= 0.3 is 0 Å². The van der Waals surface area contributed by atoms with Crippen molar-refractivity contribution in [1.29, 1.82) is 0 Å². The molecule has 0 spiro atoms. The van der Waals surface area contributed by atoms with Gasteiger partial charge in [0.1, 0.15) is 30.3 Å². The van der Waals surface area contributed by atoms with E-state index in [4.69, 9.17) is 25.9 Å². The Balaban J connectivity index is 1.37. The van der Waals surface area contributed by atoms with Crippen molar-refractivity contribution < 1.29 is 19.4 Å². The summed E-state index contributed by atoms with van der Waals surface area (Å²) < 4.78 is 11.0. The van der Waals surface area contributed by atoms with Gasteiger partial charge in [-0.2, -0.15) is 0 Å². The molecule has 1 N–H and O–H groups in total. The molecule has 0 saturated carbocycles. The summed E-state index contributed by atoms with van der Waals surface area (Å²) in [6.07, 6.45) is -0.0871. The number of methoxy groups -OCH3 is 1. The van der Waals surface area contributed by atoms with Crippen LogP contribution in [0.2, 0.25) is 5.02 Å². The molecule has 0 saturated heterocycles. The van der Waals surface area contributed by atoms with Crippen molar-refractivity contribution >= 4 is 17.3 Å². The number of oxime groups is 1. The highest BCUT2D eigenvalue weighted by molar-refractivity contribution is 6.30. The molecule has 2 atom stereocenters. The number of nitrogens with zero attached hydrogens (tertiary/aromatic N) is 2. The molecule has 3 aromatic rings. The lowest BCUT2D eigenvalue weighted by molar-refractivity contribution is 0.0213. The van der Waals surface area contributed by atoms with Crippen LogP contribution in [-0.2, 0) is 11.4 Å². The number of aliphatic hydroxyl groups excluding tert-OH is 1. The first-order chi connectivity index (χ1) is 16.6. The van der Waals surface area contributed by atoms with Crippen LogP contribution in [0.4, 0.5) is 0 Å². The smallest absolute Gasteiger partial charge is 0.145 e. The molecular weight excluding hydrogens is 452 g/mol. The van der Waals surface area contributed by atoms with E-state index >= 15 is 0 Å². The quantitative estimate of drug-likeness (QED) is 0.427. The van der Waals surface area contributed by atoms with E-state index in [-0.39, 0.29) is 12.7 Å². The lowest BCUT2D eigenvalue weighted by atomic mass is 10.0. The number of hydrogen-bond acceptors (Lipinski definition) is 6. The van der Waals surface area contributed by atoms with Crippen LogP contribution in [-0.4, -0.2) is 54.7 Å². The zero-order valence-electron chi connectivity index (χ0n) is 19.1. The van der Waals surface area contributed by atoms with E-state index in [1.54, 1.807) is 7.11 Å². The molecule has 178 valence electrons. The monoisotopic (exact) mass is 480 g/mol. The van der Waals surface area contributed by atoms with E-state index in [2.05, 4.69) is 10.1 Å². The van der Waals surface area contributed by atoms with Gasteiger partial charge in [0.05, 0.1) is 12.8 Å². The molecule has 3 aromatic carbocycles. The normalized spacial score (nSPS) is 16.1. The molecule has 1 aliphatic heterocycles. The summed E-state index contributed by atoms with van der Waals surface area (Å²) in [5, 5.41) is 15.7. The maximum atomic E-state index is 10.7. The molecule has 0 unspecified atom stereocenters. The van der Waals surface area contributed by atoms with Gasteiger partial charge in [-0.15, -0.1) is 0 Å². The first-order valence-electron chi connectivity index (χ1n) is 11.3. The molecule has 0 bridgehead atoms. The average Bonchev–Trinajstić information content (AvgIpc) is 3.32. The molecule has 0 aromatic heterocycles. The predicted molar refractivity (Wildman–Crippen MR) is 134 cm³/mol. The Morgan fingerprint density at radius 1 is 1.06 bits per heavy atom. The van der Waals surface area contributed by atoms with Crippen molar-refractivity contribution in [1.82, 2.24) is 4.90 Å². The van der Waals surface area contributed by atoms with Gasteiger partial charge in [0.15, 0.2) is 0 Å². The van der Waals surface area contributed by atoms with Crippen LogP contribution in [0.1, 0.15) is 17.5 Å². The summed E-state index contributed by atoms with van der Waals surface area (Å²) in [5.41, 5.74) is 2.99. The third-order valence-corrected chi connectivity index (χ3v) is 5.80. The minimum absolute atomic E-state index is 0.112. The van der Waals surface area contributed by atoms with Gasteiger partial charge in [0.2, 0.25) is 0 Å². The lowest BCUT2D eigenvalue weighted by Crippen LogP contribution is -2.39. The van der Waals surface area contributed by atoms with Gasteiger partial charge in [-0.1, -0.05) is 47.1 Å². The highest BCUT2D eigenvalue weighted by Gasteiger charge is 2.26. The van der Waals surface area contributed by atoms with Crippen LogP contribution in [0.15, 0.2) is 84.0 Å². The van der Waals surface area contributed by atoms with Crippen molar-refractivity contribution in [3.8, 4) is 11.5 Å². The van der Waals surface area contributed by atoms with Crippen LogP contribution in [0.3, 0.4) is 0 Å². The molecule has 34 heavy (non-hydrogen) atoms. The minimum Gasteiger partial charge on any atom is -0.497 e. The summed E-state index contributed by atoms with van der Waals surface area (Å²) >= 11 is 6.19. The van der Waals surface area contributed by atoms with Crippen LogP contribution in [0.5, 0.6) is 11.5 Å². The zero-order chi connectivity index (χ0) is 23.8. The van der Waals surface area contributed by atoms with Crippen LogP contribution >= 0.6 is 11.6 Å². The number of aliphatic hydroxyl groups is 1. The summed E-state index contributed by atoms with van der Waals surface area (Å²) in [5.74, 6) is 1.54. The number of para-hydroxylation sites is 1. The van der Waals surface area contributed by atoms with Gasteiger partial charge in [0.25, 0.3) is 0 Å². The van der Waals surface area contributed by atoms with E-state index in [1.165, 1.54) is 0 Å². The Bertz CT molecular complexity index is 1080. The van der Waals surface area contributed by atoms with Crippen LogP contribution in [0.25, 0.3) is 0 Å². The van der Waals surface area contributed by atoms with Gasteiger partial charge in [0, 0.05) is 31.1 Å². The Hall–Kier alpha value is -3.06. The molecule has 0 aliphatic carbocycles. The van der Waals surface area contributed by atoms with Crippen LogP contribution in [0, 0.1) is 0 Å². The third-order valence-electron chi connectivity index (χ3n) is 5.57. The van der Waals surface area contributed by atoms with Crippen molar-refractivity contribution in [2.24, 2.45) is 5.16 Å². The van der Waals surface area contributed by atoms with Crippen molar-refractivity contribution in [3.05, 3.63) is 95.0 Å². The highest BCUT2D eigenvalue weighted by atomic mass is 35.5. The Labute approximate surface area is 205 Å². The van der Waals surface area contributed by atoms with Crippen molar-refractivity contribution in [2.75, 3.05) is 26.8 Å². The van der Waals surface area contributed by atoms with Gasteiger partial charge in [-0.05, 0) is 59.7 Å². The maximum Gasteiger partial charge on any atom is 0.145 e. The summed E-state index contributed by atoms with van der Waals surface area (Å²) in [6.45, 7) is 1.87. The van der Waals surface area contributed by atoms with E-state index in [1.807, 2.05) is 78.9 Å². The second-order valence-corrected chi connectivity index (χ2v) is 8.74.